The fourth-order valence-electron chi connectivity index (χ4n) is 2.67. The van der Waals surface area contributed by atoms with Crippen LogP contribution in [0.5, 0.6) is 11.5 Å². The van der Waals surface area contributed by atoms with E-state index in [4.69, 9.17) is 9.47 Å². The Morgan fingerprint density at radius 2 is 2.08 bits per heavy atom. The molecule has 1 amide bonds. The molecule has 0 bridgehead atoms. The Kier molecular flexibility index (Phi) is 6.96. The molecule has 0 spiro atoms. The molecular formula is C16H24N4O5. The zero-order valence-corrected chi connectivity index (χ0v) is 14.5. The lowest BCUT2D eigenvalue weighted by Gasteiger charge is -2.27. The van der Waals surface area contributed by atoms with Crippen LogP contribution < -0.4 is 20.1 Å². The summed E-state index contributed by atoms with van der Waals surface area (Å²) in [5.74, 6) is 0.0388. The summed E-state index contributed by atoms with van der Waals surface area (Å²) in [6.07, 6.45) is 0. The summed E-state index contributed by atoms with van der Waals surface area (Å²) in [5.41, 5.74) is -0.338. The number of nitro benzene ring substituents is 1. The van der Waals surface area contributed by atoms with Gasteiger partial charge in [-0.3, -0.25) is 19.8 Å². The zero-order valence-electron chi connectivity index (χ0n) is 14.5. The molecule has 1 aliphatic rings. The molecule has 1 aromatic carbocycles. The van der Waals surface area contributed by atoms with E-state index in [-0.39, 0.29) is 17.0 Å². The van der Waals surface area contributed by atoms with Crippen molar-refractivity contribution in [3.05, 3.63) is 27.8 Å². The third-order valence-corrected chi connectivity index (χ3v) is 3.95. The van der Waals surface area contributed by atoms with E-state index in [1.807, 2.05) is 0 Å². The largest absolute Gasteiger partial charge is 0.493 e. The number of nitro groups is 1. The van der Waals surface area contributed by atoms with Gasteiger partial charge in [-0.1, -0.05) is 0 Å². The van der Waals surface area contributed by atoms with Crippen LogP contribution in [0.15, 0.2) is 12.1 Å². The summed E-state index contributed by atoms with van der Waals surface area (Å²) in [6, 6.07) is 2.58. The number of methoxy groups -OCH3 is 1. The first-order chi connectivity index (χ1) is 12.1. The lowest BCUT2D eigenvalue weighted by molar-refractivity contribution is -0.385. The van der Waals surface area contributed by atoms with Gasteiger partial charge in [0.05, 0.1) is 24.7 Å². The Morgan fingerprint density at radius 3 is 2.68 bits per heavy atom. The highest BCUT2D eigenvalue weighted by atomic mass is 16.6. The smallest absolute Gasteiger partial charge is 0.286 e. The van der Waals surface area contributed by atoms with E-state index in [0.29, 0.717) is 25.4 Å². The summed E-state index contributed by atoms with van der Waals surface area (Å²) >= 11 is 0. The van der Waals surface area contributed by atoms with Crippen molar-refractivity contribution in [1.29, 1.82) is 0 Å². The first kappa shape index (κ1) is 18.9. The van der Waals surface area contributed by atoms with Crippen LogP contribution in [-0.4, -0.2) is 68.7 Å². The molecule has 0 atom stereocenters. The van der Waals surface area contributed by atoms with Gasteiger partial charge < -0.3 is 20.1 Å². The molecule has 0 aliphatic carbocycles. The first-order valence-electron chi connectivity index (χ1n) is 8.27. The molecule has 9 nitrogen and oxygen atoms in total. The number of nitrogens with one attached hydrogen (secondary N) is 2. The Morgan fingerprint density at radius 1 is 1.36 bits per heavy atom. The minimum absolute atomic E-state index is 0.0365. The van der Waals surface area contributed by atoms with E-state index < -0.39 is 10.8 Å². The summed E-state index contributed by atoms with van der Waals surface area (Å²) in [5, 5.41) is 17.3. The second-order valence-corrected chi connectivity index (χ2v) is 5.56. The number of benzene rings is 1. The molecule has 2 N–H and O–H groups in total. The third kappa shape index (κ3) is 5.04. The maximum atomic E-state index is 12.4. The quantitative estimate of drug-likeness (QED) is 0.522. The Hall–Kier alpha value is -2.39. The highest BCUT2D eigenvalue weighted by molar-refractivity contribution is 5.99. The molecule has 1 heterocycles. The molecule has 9 heteroatoms. The molecule has 138 valence electrons. The maximum Gasteiger partial charge on any atom is 0.286 e. The lowest BCUT2D eigenvalue weighted by Crippen LogP contribution is -2.46. The molecule has 0 aromatic heterocycles. The minimum Gasteiger partial charge on any atom is -0.493 e. The fraction of sp³-hybridized carbons (Fsp3) is 0.562. The van der Waals surface area contributed by atoms with Gasteiger partial charge in [0.1, 0.15) is 5.56 Å². The standard InChI is InChI=1S/C16H24N4O5/c1-3-25-15-11-13(20(22)23)12(10-14(15)24-2)16(21)18-6-9-19-7-4-17-5-8-19/h10-11,17H,3-9H2,1-2H3,(H,18,21). The Bertz CT molecular complexity index is 617. The average molecular weight is 352 g/mol. The fourth-order valence-corrected chi connectivity index (χ4v) is 2.67. The van der Waals surface area contributed by atoms with Crippen molar-refractivity contribution in [2.75, 3.05) is 53.0 Å². The first-order valence-corrected chi connectivity index (χ1v) is 8.27. The zero-order chi connectivity index (χ0) is 18.2. The van der Waals surface area contributed by atoms with Crippen molar-refractivity contribution in [2.45, 2.75) is 6.92 Å². The van der Waals surface area contributed by atoms with Gasteiger partial charge in [0.25, 0.3) is 11.6 Å². The van der Waals surface area contributed by atoms with E-state index in [9.17, 15) is 14.9 Å². The van der Waals surface area contributed by atoms with Crippen LogP contribution in [0.3, 0.4) is 0 Å². The minimum atomic E-state index is -0.590. The van der Waals surface area contributed by atoms with Gasteiger partial charge in [-0.15, -0.1) is 0 Å². The van der Waals surface area contributed by atoms with Crippen LogP contribution in [0.25, 0.3) is 0 Å². The highest BCUT2D eigenvalue weighted by Gasteiger charge is 2.24. The van der Waals surface area contributed by atoms with E-state index >= 15 is 0 Å². The van der Waals surface area contributed by atoms with Crippen LogP contribution in [0.2, 0.25) is 0 Å². The molecule has 0 radical (unpaired) electrons. The molecular weight excluding hydrogens is 328 g/mol. The van der Waals surface area contributed by atoms with Crippen molar-refractivity contribution in [1.82, 2.24) is 15.5 Å². The molecule has 1 aliphatic heterocycles. The van der Waals surface area contributed by atoms with Crippen LogP contribution in [0, 0.1) is 10.1 Å². The number of hydrogen-bond acceptors (Lipinski definition) is 7. The number of carbonyl (C=O) groups excluding carboxylic acids is 1. The van der Waals surface area contributed by atoms with Crippen LogP contribution in [-0.2, 0) is 0 Å². The highest BCUT2D eigenvalue weighted by Crippen LogP contribution is 2.34. The van der Waals surface area contributed by atoms with Gasteiger partial charge in [-0.25, -0.2) is 0 Å². The number of ether oxygens (including phenoxy) is 2. The van der Waals surface area contributed by atoms with Crippen LogP contribution in [0.4, 0.5) is 5.69 Å². The number of piperazine rings is 1. The topological polar surface area (TPSA) is 106 Å². The number of amides is 1. The van der Waals surface area contributed by atoms with Gasteiger partial charge in [0.15, 0.2) is 11.5 Å². The molecule has 0 saturated carbocycles. The molecule has 1 fully saturated rings. The van der Waals surface area contributed by atoms with Gasteiger partial charge in [0, 0.05) is 45.3 Å². The third-order valence-electron chi connectivity index (χ3n) is 3.95. The summed E-state index contributed by atoms with van der Waals surface area (Å²) in [4.78, 5) is 25.4. The molecule has 1 saturated heterocycles. The molecule has 1 aromatic rings. The number of carbonyl (C=O) groups is 1. The van der Waals surface area contributed by atoms with Crippen molar-refractivity contribution < 1.29 is 19.2 Å². The number of nitrogens with zero attached hydrogens (tertiary/aromatic N) is 2. The monoisotopic (exact) mass is 352 g/mol. The molecule has 25 heavy (non-hydrogen) atoms. The van der Waals surface area contributed by atoms with Crippen LogP contribution in [0.1, 0.15) is 17.3 Å². The van der Waals surface area contributed by atoms with Crippen LogP contribution >= 0.6 is 0 Å². The molecule has 0 unspecified atom stereocenters. The van der Waals surface area contributed by atoms with E-state index in [0.717, 1.165) is 26.2 Å². The van der Waals surface area contributed by atoms with E-state index in [1.54, 1.807) is 6.92 Å². The lowest BCUT2D eigenvalue weighted by atomic mass is 10.1. The van der Waals surface area contributed by atoms with Crippen molar-refractivity contribution in [2.24, 2.45) is 0 Å². The van der Waals surface area contributed by atoms with Crippen molar-refractivity contribution in [3.8, 4) is 11.5 Å². The maximum absolute atomic E-state index is 12.4. The number of rotatable bonds is 8. The Labute approximate surface area is 146 Å². The van der Waals surface area contributed by atoms with Crippen molar-refractivity contribution >= 4 is 11.6 Å². The van der Waals surface area contributed by atoms with Crippen molar-refractivity contribution in [3.63, 3.8) is 0 Å². The van der Waals surface area contributed by atoms with Gasteiger partial charge in [0.2, 0.25) is 0 Å². The van der Waals surface area contributed by atoms with Gasteiger partial charge >= 0.3 is 0 Å². The van der Waals surface area contributed by atoms with E-state index in [1.165, 1.54) is 19.2 Å². The van der Waals surface area contributed by atoms with E-state index in [2.05, 4.69) is 15.5 Å². The molecule has 2 rings (SSSR count). The second kappa shape index (κ2) is 9.19. The average Bonchev–Trinajstić information content (AvgIpc) is 2.62. The summed E-state index contributed by atoms with van der Waals surface area (Å²) < 4.78 is 10.5. The second-order valence-electron chi connectivity index (χ2n) is 5.56. The summed E-state index contributed by atoms with van der Waals surface area (Å²) in [7, 11) is 1.43. The predicted octanol–water partition coefficient (Wildman–Crippen LogP) is 0.637. The normalized spacial score (nSPS) is 14.8. The SMILES string of the molecule is CCOc1cc([N+](=O)[O-])c(C(=O)NCCN2CCNCC2)cc1OC. The summed E-state index contributed by atoms with van der Waals surface area (Å²) in [6.45, 7) is 6.93. The predicted molar refractivity (Wildman–Crippen MR) is 92.5 cm³/mol. The Balaban J connectivity index is 2.09. The number of hydrogen-bond donors (Lipinski definition) is 2. The van der Waals surface area contributed by atoms with Gasteiger partial charge in [-0.2, -0.15) is 0 Å². The van der Waals surface area contributed by atoms with Gasteiger partial charge in [-0.05, 0) is 6.92 Å².